The fourth-order valence-electron chi connectivity index (χ4n) is 2.91. The van der Waals surface area contributed by atoms with Crippen molar-refractivity contribution in [2.75, 3.05) is 13.6 Å². The minimum absolute atomic E-state index is 0.488. The summed E-state index contributed by atoms with van der Waals surface area (Å²) in [4.78, 5) is 2.26. The van der Waals surface area contributed by atoms with Gasteiger partial charge in [0.2, 0.25) is 0 Å². The molecule has 0 radical (unpaired) electrons. The lowest BCUT2D eigenvalue weighted by molar-refractivity contribution is 0.328. The fourth-order valence-corrected chi connectivity index (χ4v) is 2.91. The zero-order valence-electron chi connectivity index (χ0n) is 15.1. The molecule has 0 saturated heterocycles. The topological polar surface area (TPSA) is 64.9 Å². The SMILES string of the molecule is CCCN(C)Cc1c[nH]nc1-c1ccc(Oc2ccccc2)c(C#N)c1. The molecule has 3 aromatic rings. The summed E-state index contributed by atoms with van der Waals surface area (Å²) in [5.74, 6) is 1.25. The van der Waals surface area contributed by atoms with E-state index in [1.807, 2.05) is 54.7 Å². The van der Waals surface area contributed by atoms with Gasteiger partial charge in [-0.15, -0.1) is 0 Å². The number of ether oxygens (including phenoxy) is 1. The molecule has 0 bridgehead atoms. The third kappa shape index (κ3) is 4.11. The molecule has 1 N–H and O–H groups in total. The Labute approximate surface area is 153 Å². The molecule has 0 spiro atoms. The molecule has 0 aliphatic rings. The molecule has 5 nitrogen and oxygen atoms in total. The van der Waals surface area contributed by atoms with Gasteiger partial charge in [-0.2, -0.15) is 10.4 Å². The van der Waals surface area contributed by atoms with Gasteiger partial charge in [-0.3, -0.25) is 5.10 Å². The highest BCUT2D eigenvalue weighted by Crippen LogP contribution is 2.30. The smallest absolute Gasteiger partial charge is 0.145 e. The van der Waals surface area contributed by atoms with Crippen LogP contribution in [0.4, 0.5) is 0 Å². The first-order chi connectivity index (χ1) is 12.7. The highest BCUT2D eigenvalue weighted by molar-refractivity contribution is 5.67. The molecule has 26 heavy (non-hydrogen) atoms. The summed E-state index contributed by atoms with van der Waals surface area (Å²) in [6, 6.07) is 17.3. The molecule has 1 aromatic heterocycles. The van der Waals surface area contributed by atoms with Crippen LogP contribution in [0, 0.1) is 11.3 Å². The molecule has 0 amide bonds. The van der Waals surface area contributed by atoms with Crippen molar-refractivity contribution >= 4 is 0 Å². The zero-order chi connectivity index (χ0) is 18.4. The number of rotatable bonds is 7. The molecule has 0 saturated carbocycles. The maximum Gasteiger partial charge on any atom is 0.145 e. The average Bonchev–Trinajstić information content (AvgIpc) is 3.11. The van der Waals surface area contributed by atoms with Crippen molar-refractivity contribution in [2.24, 2.45) is 0 Å². The number of benzene rings is 2. The van der Waals surface area contributed by atoms with E-state index in [0.29, 0.717) is 17.1 Å². The van der Waals surface area contributed by atoms with Crippen LogP contribution in [0.2, 0.25) is 0 Å². The lowest BCUT2D eigenvalue weighted by atomic mass is 10.0. The Morgan fingerprint density at radius 2 is 2.00 bits per heavy atom. The third-order valence-corrected chi connectivity index (χ3v) is 4.11. The van der Waals surface area contributed by atoms with Gasteiger partial charge in [0.05, 0.1) is 11.3 Å². The van der Waals surface area contributed by atoms with Crippen LogP contribution >= 0.6 is 0 Å². The van der Waals surface area contributed by atoms with Gasteiger partial charge in [0, 0.05) is 23.9 Å². The molecule has 0 aliphatic carbocycles. The number of aromatic amines is 1. The first-order valence-electron chi connectivity index (χ1n) is 8.70. The van der Waals surface area contributed by atoms with Gasteiger partial charge < -0.3 is 9.64 Å². The van der Waals surface area contributed by atoms with Gasteiger partial charge in [0.15, 0.2) is 0 Å². The minimum Gasteiger partial charge on any atom is -0.456 e. The summed E-state index contributed by atoms with van der Waals surface area (Å²) >= 11 is 0. The van der Waals surface area contributed by atoms with Gasteiger partial charge in [0.1, 0.15) is 17.6 Å². The van der Waals surface area contributed by atoms with Crippen LogP contribution < -0.4 is 4.74 Å². The second-order valence-electron chi connectivity index (χ2n) is 6.23. The molecule has 1 heterocycles. The molecular formula is C21H22N4O. The Morgan fingerprint density at radius 3 is 2.73 bits per heavy atom. The lowest BCUT2D eigenvalue weighted by Crippen LogP contribution is -2.18. The minimum atomic E-state index is 0.488. The Bertz CT molecular complexity index is 896. The summed E-state index contributed by atoms with van der Waals surface area (Å²) in [7, 11) is 2.10. The Kier molecular flexibility index (Phi) is 5.67. The summed E-state index contributed by atoms with van der Waals surface area (Å²) in [5, 5.41) is 16.9. The van der Waals surface area contributed by atoms with Gasteiger partial charge >= 0.3 is 0 Å². The number of aromatic nitrogens is 2. The highest BCUT2D eigenvalue weighted by atomic mass is 16.5. The van der Waals surface area contributed by atoms with E-state index in [1.165, 1.54) is 0 Å². The van der Waals surface area contributed by atoms with Gasteiger partial charge in [-0.1, -0.05) is 25.1 Å². The molecule has 132 valence electrons. The number of para-hydroxylation sites is 1. The van der Waals surface area contributed by atoms with E-state index >= 15 is 0 Å². The number of hydrogen-bond donors (Lipinski definition) is 1. The summed E-state index contributed by atoms with van der Waals surface area (Å²) < 4.78 is 5.84. The summed E-state index contributed by atoms with van der Waals surface area (Å²) in [6.07, 6.45) is 3.02. The van der Waals surface area contributed by atoms with E-state index < -0.39 is 0 Å². The van der Waals surface area contributed by atoms with Crippen molar-refractivity contribution in [1.82, 2.24) is 15.1 Å². The fraction of sp³-hybridized carbons (Fsp3) is 0.238. The van der Waals surface area contributed by atoms with Crippen LogP contribution in [0.15, 0.2) is 54.7 Å². The number of nitriles is 1. The molecule has 5 heteroatoms. The van der Waals surface area contributed by atoms with E-state index in [0.717, 1.165) is 36.3 Å². The predicted molar refractivity (Wildman–Crippen MR) is 102 cm³/mol. The van der Waals surface area contributed by atoms with E-state index in [9.17, 15) is 5.26 Å². The van der Waals surface area contributed by atoms with Crippen LogP contribution in [-0.2, 0) is 6.54 Å². The van der Waals surface area contributed by atoms with Crippen LogP contribution in [-0.4, -0.2) is 28.7 Å². The van der Waals surface area contributed by atoms with Crippen molar-refractivity contribution in [3.8, 4) is 28.8 Å². The van der Waals surface area contributed by atoms with Gasteiger partial charge in [-0.25, -0.2) is 0 Å². The average molecular weight is 346 g/mol. The Morgan fingerprint density at radius 1 is 1.19 bits per heavy atom. The zero-order valence-corrected chi connectivity index (χ0v) is 15.1. The van der Waals surface area contributed by atoms with E-state index in [4.69, 9.17) is 4.74 Å². The molecule has 3 rings (SSSR count). The van der Waals surface area contributed by atoms with Crippen molar-refractivity contribution in [3.63, 3.8) is 0 Å². The normalized spacial score (nSPS) is 10.7. The maximum absolute atomic E-state index is 9.54. The summed E-state index contributed by atoms with van der Waals surface area (Å²) in [5.41, 5.74) is 3.38. The molecule has 0 atom stereocenters. The Balaban J connectivity index is 1.87. The quantitative estimate of drug-likeness (QED) is 0.680. The number of H-pyrrole nitrogens is 1. The van der Waals surface area contributed by atoms with Crippen LogP contribution in [0.5, 0.6) is 11.5 Å². The van der Waals surface area contributed by atoms with Gasteiger partial charge in [0.25, 0.3) is 0 Å². The lowest BCUT2D eigenvalue weighted by Gasteiger charge is -2.15. The monoisotopic (exact) mass is 346 g/mol. The first kappa shape index (κ1) is 17.7. The number of hydrogen-bond acceptors (Lipinski definition) is 4. The van der Waals surface area contributed by atoms with E-state index in [-0.39, 0.29) is 0 Å². The second-order valence-corrected chi connectivity index (χ2v) is 6.23. The highest BCUT2D eigenvalue weighted by Gasteiger charge is 2.13. The van der Waals surface area contributed by atoms with E-state index in [1.54, 1.807) is 0 Å². The Hall–Kier alpha value is -3.10. The molecule has 0 unspecified atom stereocenters. The molecule has 0 aliphatic heterocycles. The van der Waals surface area contributed by atoms with Crippen molar-refractivity contribution in [2.45, 2.75) is 19.9 Å². The van der Waals surface area contributed by atoms with Crippen LogP contribution in [0.25, 0.3) is 11.3 Å². The van der Waals surface area contributed by atoms with Crippen molar-refractivity contribution in [1.29, 1.82) is 5.26 Å². The van der Waals surface area contributed by atoms with Gasteiger partial charge in [-0.05, 0) is 50.3 Å². The molecular weight excluding hydrogens is 324 g/mol. The largest absolute Gasteiger partial charge is 0.456 e. The van der Waals surface area contributed by atoms with Crippen molar-refractivity contribution < 1.29 is 4.74 Å². The molecule has 0 fully saturated rings. The van der Waals surface area contributed by atoms with Crippen molar-refractivity contribution in [3.05, 3.63) is 65.9 Å². The van der Waals surface area contributed by atoms with E-state index in [2.05, 4.69) is 35.1 Å². The first-order valence-corrected chi connectivity index (χ1v) is 8.70. The predicted octanol–water partition coefficient (Wildman–Crippen LogP) is 4.58. The van der Waals surface area contributed by atoms with Crippen LogP contribution in [0.3, 0.4) is 0 Å². The summed E-state index contributed by atoms with van der Waals surface area (Å²) in [6.45, 7) is 4.00. The second kappa shape index (κ2) is 8.32. The number of nitrogens with zero attached hydrogens (tertiary/aromatic N) is 3. The third-order valence-electron chi connectivity index (χ3n) is 4.11. The standard InChI is InChI=1S/C21H22N4O/c1-3-11-25(2)15-18-14-23-24-21(18)16-9-10-20(17(12-16)13-22)26-19-7-5-4-6-8-19/h4-10,12,14H,3,11,15H2,1-2H3,(H,23,24). The number of nitrogens with one attached hydrogen (secondary N) is 1. The molecule has 2 aromatic carbocycles. The maximum atomic E-state index is 9.54. The van der Waals surface area contributed by atoms with Crippen LogP contribution in [0.1, 0.15) is 24.5 Å².